The van der Waals surface area contributed by atoms with Crippen molar-refractivity contribution in [2.75, 3.05) is 28.2 Å². The Balaban J connectivity index is 3.84. The summed E-state index contributed by atoms with van der Waals surface area (Å²) in [5.41, 5.74) is 1.26. The van der Waals surface area contributed by atoms with Gasteiger partial charge in [0.1, 0.15) is 0 Å². The third-order valence-corrected chi connectivity index (χ3v) is 1.15. The van der Waals surface area contributed by atoms with Gasteiger partial charge in [-0.15, -0.1) is 0 Å². The fraction of sp³-hybridized carbons (Fsp3) is 0.667. The van der Waals surface area contributed by atoms with Crippen LogP contribution in [0.15, 0.2) is 11.8 Å². The van der Waals surface area contributed by atoms with Gasteiger partial charge in [0.05, 0.1) is 0 Å². The first-order chi connectivity index (χ1) is 4.04. The van der Waals surface area contributed by atoms with Crippen molar-refractivity contribution >= 4 is 7.85 Å². The van der Waals surface area contributed by atoms with E-state index in [0.29, 0.717) is 0 Å². The molecule has 3 heteroatoms. The Bertz CT molecular complexity index is 108. The van der Waals surface area contributed by atoms with Crippen LogP contribution in [0.25, 0.3) is 0 Å². The molecule has 0 radical (unpaired) electrons. The molecular weight excluding hydrogens is 111 g/mol. The van der Waals surface area contributed by atoms with Gasteiger partial charge in [0, 0.05) is 34.4 Å². The predicted molar refractivity (Wildman–Crippen MR) is 44.0 cm³/mol. The van der Waals surface area contributed by atoms with Crippen LogP contribution in [0.5, 0.6) is 0 Å². The summed E-state index contributed by atoms with van der Waals surface area (Å²) in [6, 6.07) is 0. The second-order valence-corrected chi connectivity index (χ2v) is 2.63. The molecule has 0 N–H and O–H groups in total. The van der Waals surface area contributed by atoms with Crippen molar-refractivity contribution in [2.45, 2.75) is 0 Å². The predicted octanol–water partition coefficient (Wildman–Crippen LogP) is -0.458. The molecular formula is C6H15BN2. The van der Waals surface area contributed by atoms with Gasteiger partial charge >= 0.3 is 0 Å². The maximum atomic E-state index is 2.08. The Hall–Kier alpha value is -0.595. The number of hydrogen-bond donors (Lipinski definition) is 0. The molecule has 52 valence electrons. The fourth-order valence-electron chi connectivity index (χ4n) is 0.489. The van der Waals surface area contributed by atoms with Gasteiger partial charge < -0.3 is 9.80 Å². The summed E-state index contributed by atoms with van der Waals surface area (Å²) < 4.78 is 0. The van der Waals surface area contributed by atoms with Crippen molar-refractivity contribution in [3.63, 3.8) is 0 Å². The number of rotatable bonds is 2. The molecule has 0 aromatic carbocycles. The van der Waals surface area contributed by atoms with E-state index in [2.05, 4.69) is 18.9 Å². The lowest BCUT2D eigenvalue weighted by Gasteiger charge is -2.15. The summed E-state index contributed by atoms with van der Waals surface area (Å²) in [6.45, 7) is 0. The molecule has 0 aliphatic rings. The van der Waals surface area contributed by atoms with E-state index < -0.39 is 0 Å². The Labute approximate surface area is 58.5 Å². The lowest BCUT2D eigenvalue weighted by atomic mass is 10.1. The molecule has 0 heterocycles. The highest BCUT2D eigenvalue weighted by Gasteiger charge is 1.88. The van der Waals surface area contributed by atoms with Gasteiger partial charge in [0.15, 0.2) is 7.85 Å². The first-order valence-corrected chi connectivity index (χ1v) is 3.06. The van der Waals surface area contributed by atoms with E-state index in [1.807, 2.05) is 33.1 Å². The molecule has 0 aliphatic carbocycles. The normalized spacial score (nSPS) is 11.3. The summed E-state index contributed by atoms with van der Waals surface area (Å²) in [5.74, 6) is 0. The molecule has 0 saturated carbocycles. The third kappa shape index (κ3) is 3.95. The van der Waals surface area contributed by atoms with E-state index in [4.69, 9.17) is 0 Å². The van der Waals surface area contributed by atoms with Crippen LogP contribution in [-0.4, -0.2) is 45.8 Å². The average Bonchev–Trinajstić information content (AvgIpc) is 1.63. The van der Waals surface area contributed by atoms with Crippen molar-refractivity contribution in [3.8, 4) is 0 Å². The summed E-state index contributed by atoms with van der Waals surface area (Å²) >= 11 is 0. The second-order valence-electron chi connectivity index (χ2n) is 2.63. The van der Waals surface area contributed by atoms with E-state index in [0.717, 1.165) is 0 Å². The monoisotopic (exact) mass is 126 g/mol. The van der Waals surface area contributed by atoms with Crippen LogP contribution < -0.4 is 0 Å². The van der Waals surface area contributed by atoms with E-state index in [1.54, 1.807) is 0 Å². The maximum Gasteiger partial charge on any atom is 0.162 e. The lowest BCUT2D eigenvalue weighted by Crippen LogP contribution is -2.14. The standard InChI is InChI=1S/C6H15BN2/c1-8(2)5-6(7)9(3)4/h5H,7H2,1-4H3. The molecule has 0 unspecified atom stereocenters. The minimum atomic E-state index is 1.26. The van der Waals surface area contributed by atoms with Crippen molar-refractivity contribution < 1.29 is 0 Å². The van der Waals surface area contributed by atoms with Crippen LogP contribution in [0.2, 0.25) is 0 Å². The Kier molecular flexibility index (Phi) is 3.21. The van der Waals surface area contributed by atoms with Gasteiger partial charge in [-0.1, -0.05) is 0 Å². The summed E-state index contributed by atoms with van der Waals surface area (Å²) in [4.78, 5) is 4.12. The summed E-state index contributed by atoms with van der Waals surface area (Å²) in [6.07, 6.45) is 2.08. The van der Waals surface area contributed by atoms with E-state index >= 15 is 0 Å². The minimum absolute atomic E-state index is 1.26. The largest absolute Gasteiger partial charge is 0.388 e. The number of nitrogens with zero attached hydrogens (tertiary/aromatic N) is 2. The molecule has 0 rings (SSSR count). The van der Waals surface area contributed by atoms with Gasteiger partial charge in [0.25, 0.3) is 0 Å². The highest BCUT2D eigenvalue weighted by atomic mass is 15.1. The second kappa shape index (κ2) is 3.43. The molecule has 0 aromatic rings. The van der Waals surface area contributed by atoms with Gasteiger partial charge in [-0.3, -0.25) is 0 Å². The Morgan fingerprint density at radius 2 is 1.67 bits per heavy atom. The zero-order valence-electron chi connectivity index (χ0n) is 6.97. The topological polar surface area (TPSA) is 6.48 Å². The molecule has 0 atom stereocenters. The molecule has 2 nitrogen and oxygen atoms in total. The van der Waals surface area contributed by atoms with Gasteiger partial charge in [-0.2, -0.15) is 0 Å². The van der Waals surface area contributed by atoms with Crippen LogP contribution in [0.4, 0.5) is 0 Å². The third-order valence-electron chi connectivity index (χ3n) is 1.15. The van der Waals surface area contributed by atoms with Crippen molar-refractivity contribution in [1.29, 1.82) is 0 Å². The van der Waals surface area contributed by atoms with Gasteiger partial charge in [0.2, 0.25) is 0 Å². The minimum Gasteiger partial charge on any atom is -0.388 e. The van der Waals surface area contributed by atoms with Crippen LogP contribution >= 0.6 is 0 Å². The quantitative estimate of drug-likeness (QED) is 0.462. The van der Waals surface area contributed by atoms with Crippen molar-refractivity contribution in [2.24, 2.45) is 0 Å². The molecule has 9 heavy (non-hydrogen) atoms. The Morgan fingerprint density at radius 1 is 1.22 bits per heavy atom. The zero-order chi connectivity index (χ0) is 7.44. The first kappa shape index (κ1) is 8.40. The fourth-order valence-corrected chi connectivity index (χ4v) is 0.489. The summed E-state index contributed by atoms with van der Waals surface area (Å²) in [5, 5.41) is 0. The van der Waals surface area contributed by atoms with Gasteiger partial charge in [-0.25, -0.2) is 0 Å². The van der Waals surface area contributed by atoms with Crippen LogP contribution in [-0.2, 0) is 0 Å². The highest BCUT2D eigenvalue weighted by molar-refractivity contribution is 6.20. The molecule has 0 fully saturated rings. The molecule has 0 aromatic heterocycles. The summed E-state index contributed by atoms with van der Waals surface area (Å²) in [7, 11) is 10.2. The number of hydrogen-bond acceptors (Lipinski definition) is 2. The smallest absolute Gasteiger partial charge is 0.162 e. The molecule has 0 saturated heterocycles. The average molecular weight is 126 g/mol. The van der Waals surface area contributed by atoms with Crippen molar-refractivity contribution in [1.82, 2.24) is 9.80 Å². The molecule has 0 amide bonds. The maximum absolute atomic E-state index is 2.08. The van der Waals surface area contributed by atoms with Gasteiger partial charge in [-0.05, 0) is 5.60 Å². The lowest BCUT2D eigenvalue weighted by molar-refractivity contribution is 0.499. The zero-order valence-corrected chi connectivity index (χ0v) is 6.97. The molecule has 0 aliphatic heterocycles. The Morgan fingerprint density at radius 3 is 1.78 bits per heavy atom. The van der Waals surface area contributed by atoms with E-state index in [1.165, 1.54) is 5.60 Å². The molecule has 0 bridgehead atoms. The van der Waals surface area contributed by atoms with Crippen molar-refractivity contribution in [3.05, 3.63) is 11.8 Å². The highest BCUT2D eigenvalue weighted by Crippen LogP contribution is 1.91. The van der Waals surface area contributed by atoms with Crippen LogP contribution in [0.1, 0.15) is 0 Å². The van der Waals surface area contributed by atoms with Crippen LogP contribution in [0.3, 0.4) is 0 Å². The van der Waals surface area contributed by atoms with Crippen LogP contribution in [0, 0.1) is 0 Å². The van der Waals surface area contributed by atoms with E-state index in [9.17, 15) is 0 Å². The SMILES string of the molecule is BC(=CN(C)C)N(C)C. The molecule has 0 spiro atoms. The van der Waals surface area contributed by atoms with E-state index in [-0.39, 0.29) is 0 Å². The first-order valence-electron chi connectivity index (χ1n) is 3.06.